The third-order valence-electron chi connectivity index (χ3n) is 3.27. The van der Waals surface area contributed by atoms with Gasteiger partial charge in [0.25, 0.3) is 5.91 Å². The average molecular weight is 343 g/mol. The van der Waals surface area contributed by atoms with Crippen molar-refractivity contribution in [1.82, 2.24) is 0 Å². The van der Waals surface area contributed by atoms with E-state index in [0.717, 1.165) is 21.6 Å². The molecule has 1 heterocycles. The fourth-order valence-corrected chi connectivity index (χ4v) is 2.59. The van der Waals surface area contributed by atoms with E-state index in [2.05, 4.69) is 22.6 Å². The van der Waals surface area contributed by atoms with Crippen molar-refractivity contribution in [2.24, 2.45) is 5.92 Å². The molecular formula is C13H14INO2. The Labute approximate surface area is 114 Å². The minimum Gasteiger partial charge on any atom is -0.479 e. The van der Waals surface area contributed by atoms with E-state index in [4.69, 9.17) is 4.74 Å². The van der Waals surface area contributed by atoms with Gasteiger partial charge in [-0.05, 0) is 66.5 Å². The molecule has 90 valence electrons. The van der Waals surface area contributed by atoms with Gasteiger partial charge in [0, 0.05) is 10.1 Å². The van der Waals surface area contributed by atoms with E-state index in [9.17, 15) is 4.79 Å². The first-order chi connectivity index (χ1) is 8.15. The molecule has 0 saturated heterocycles. The molecule has 0 spiro atoms. The molecule has 0 N–H and O–H groups in total. The second kappa shape index (κ2) is 4.15. The molecule has 3 nitrogen and oxygen atoms in total. The quantitative estimate of drug-likeness (QED) is 0.773. The predicted molar refractivity (Wildman–Crippen MR) is 74.3 cm³/mol. The molecule has 2 aliphatic rings. The Morgan fingerprint density at radius 3 is 2.94 bits per heavy atom. The van der Waals surface area contributed by atoms with Crippen molar-refractivity contribution < 1.29 is 9.53 Å². The predicted octanol–water partition coefficient (Wildman–Crippen LogP) is 2.82. The fraction of sp³-hybridized carbons (Fsp3) is 0.462. The maximum Gasteiger partial charge on any atom is 0.267 e. The van der Waals surface area contributed by atoms with Gasteiger partial charge in [0.05, 0.1) is 5.69 Å². The van der Waals surface area contributed by atoms with Crippen molar-refractivity contribution in [3.05, 3.63) is 21.8 Å². The molecule has 1 aliphatic heterocycles. The minimum absolute atomic E-state index is 0.0885. The molecule has 1 aliphatic carbocycles. The molecule has 0 bridgehead atoms. The first-order valence-electron chi connectivity index (χ1n) is 5.93. The fourth-order valence-electron chi connectivity index (χ4n) is 2.13. The number of benzene rings is 1. The van der Waals surface area contributed by atoms with Crippen molar-refractivity contribution >= 4 is 34.2 Å². The van der Waals surface area contributed by atoms with E-state index in [-0.39, 0.29) is 12.0 Å². The zero-order valence-electron chi connectivity index (χ0n) is 9.65. The molecule has 0 radical (unpaired) electrons. The van der Waals surface area contributed by atoms with Crippen molar-refractivity contribution in [2.75, 3.05) is 11.4 Å². The van der Waals surface area contributed by atoms with E-state index in [1.54, 1.807) is 0 Å². The van der Waals surface area contributed by atoms with Gasteiger partial charge in [0.15, 0.2) is 6.10 Å². The maximum atomic E-state index is 12.1. The first kappa shape index (κ1) is 11.3. The van der Waals surface area contributed by atoms with Crippen LogP contribution in [0.5, 0.6) is 5.75 Å². The number of hydrogen-bond acceptors (Lipinski definition) is 2. The number of fused-ring (bicyclic) bond motifs is 1. The van der Waals surface area contributed by atoms with Gasteiger partial charge in [-0.2, -0.15) is 0 Å². The van der Waals surface area contributed by atoms with Crippen molar-refractivity contribution in [3.8, 4) is 5.75 Å². The van der Waals surface area contributed by atoms with Crippen LogP contribution in [0.3, 0.4) is 0 Å². The SMILES string of the molecule is CC1Oc2cc(I)ccc2N(CC2CC2)C1=O. The summed E-state index contributed by atoms with van der Waals surface area (Å²) in [4.78, 5) is 14.0. The summed E-state index contributed by atoms with van der Waals surface area (Å²) in [5, 5.41) is 0. The van der Waals surface area contributed by atoms with Crippen LogP contribution in [0.1, 0.15) is 19.8 Å². The van der Waals surface area contributed by atoms with Gasteiger partial charge in [0.1, 0.15) is 5.75 Å². The Morgan fingerprint density at radius 2 is 2.24 bits per heavy atom. The average Bonchev–Trinajstić information content (AvgIpc) is 3.08. The molecule has 1 fully saturated rings. The van der Waals surface area contributed by atoms with E-state index < -0.39 is 0 Å². The van der Waals surface area contributed by atoms with Crippen LogP contribution in [0.15, 0.2) is 18.2 Å². The highest BCUT2D eigenvalue weighted by atomic mass is 127. The van der Waals surface area contributed by atoms with Gasteiger partial charge in [0.2, 0.25) is 0 Å². The summed E-state index contributed by atoms with van der Waals surface area (Å²) < 4.78 is 6.79. The lowest BCUT2D eigenvalue weighted by atomic mass is 10.1. The van der Waals surface area contributed by atoms with E-state index in [0.29, 0.717) is 5.92 Å². The maximum absolute atomic E-state index is 12.1. The zero-order chi connectivity index (χ0) is 12.0. The summed E-state index contributed by atoms with van der Waals surface area (Å²) in [6.45, 7) is 2.67. The summed E-state index contributed by atoms with van der Waals surface area (Å²) in [6, 6.07) is 6.01. The summed E-state index contributed by atoms with van der Waals surface area (Å²) in [5.41, 5.74) is 0.931. The standard InChI is InChI=1S/C13H14INO2/c1-8-13(16)15(7-9-2-3-9)11-5-4-10(14)6-12(11)17-8/h4-6,8-9H,2-3,7H2,1H3. The molecule has 1 saturated carbocycles. The largest absolute Gasteiger partial charge is 0.479 e. The van der Waals surface area contributed by atoms with Crippen LogP contribution < -0.4 is 9.64 Å². The van der Waals surface area contributed by atoms with Crippen LogP contribution in [0.2, 0.25) is 0 Å². The lowest BCUT2D eigenvalue weighted by Gasteiger charge is -2.33. The monoisotopic (exact) mass is 343 g/mol. The van der Waals surface area contributed by atoms with E-state index in [1.165, 1.54) is 12.8 Å². The van der Waals surface area contributed by atoms with E-state index >= 15 is 0 Å². The highest BCUT2D eigenvalue weighted by Gasteiger charge is 2.35. The Hall–Kier alpha value is -0.780. The number of hydrogen-bond donors (Lipinski definition) is 0. The van der Waals surface area contributed by atoms with Crippen LogP contribution in [-0.4, -0.2) is 18.6 Å². The number of carbonyl (C=O) groups excluding carboxylic acids is 1. The second-order valence-corrected chi connectivity index (χ2v) is 6.01. The Kier molecular flexibility index (Phi) is 2.77. The molecule has 4 heteroatoms. The van der Waals surface area contributed by atoms with Gasteiger partial charge in [-0.1, -0.05) is 0 Å². The second-order valence-electron chi connectivity index (χ2n) is 4.76. The van der Waals surface area contributed by atoms with Crippen LogP contribution in [0, 0.1) is 9.49 Å². The zero-order valence-corrected chi connectivity index (χ0v) is 11.8. The molecular weight excluding hydrogens is 329 g/mol. The topological polar surface area (TPSA) is 29.5 Å². The van der Waals surface area contributed by atoms with Crippen LogP contribution in [0.25, 0.3) is 0 Å². The number of anilines is 1. The number of ether oxygens (including phenoxy) is 1. The summed E-state index contributed by atoms with van der Waals surface area (Å²) >= 11 is 2.26. The number of amides is 1. The summed E-state index contributed by atoms with van der Waals surface area (Å²) in [6.07, 6.45) is 2.14. The van der Waals surface area contributed by atoms with Gasteiger partial charge in [-0.15, -0.1) is 0 Å². The molecule has 1 aromatic rings. The van der Waals surface area contributed by atoms with Crippen molar-refractivity contribution in [2.45, 2.75) is 25.9 Å². The highest BCUT2D eigenvalue weighted by Crippen LogP contribution is 2.38. The highest BCUT2D eigenvalue weighted by molar-refractivity contribution is 14.1. The molecule has 1 unspecified atom stereocenters. The van der Waals surface area contributed by atoms with E-state index in [1.807, 2.05) is 30.0 Å². The number of carbonyl (C=O) groups is 1. The number of nitrogens with zero attached hydrogens (tertiary/aromatic N) is 1. The smallest absolute Gasteiger partial charge is 0.267 e. The summed E-state index contributed by atoms with van der Waals surface area (Å²) in [5.74, 6) is 1.62. The van der Waals surface area contributed by atoms with Gasteiger partial charge in [-0.3, -0.25) is 4.79 Å². The lowest BCUT2D eigenvalue weighted by molar-refractivity contribution is -0.125. The van der Waals surface area contributed by atoms with Crippen LogP contribution in [0.4, 0.5) is 5.69 Å². The third-order valence-corrected chi connectivity index (χ3v) is 3.94. The molecule has 17 heavy (non-hydrogen) atoms. The Bertz CT molecular complexity index is 470. The number of halogens is 1. The van der Waals surface area contributed by atoms with Gasteiger partial charge in [-0.25, -0.2) is 0 Å². The number of rotatable bonds is 2. The molecule has 1 aromatic carbocycles. The third kappa shape index (κ3) is 2.14. The molecule has 0 aromatic heterocycles. The van der Waals surface area contributed by atoms with Gasteiger partial charge < -0.3 is 9.64 Å². The lowest BCUT2D eigenvalue weighted by Crippen LogP contribution is -2.45. The van der Waals surface area contributed by atoms with Crippen molar-refractivity contribution in [3.63, 3.8) is 0 Å². The Morgan fingerprint density at radius 1 is 1.47 bits per heavy atom. The first-order valence-corrected chi connectivity index (χ1v) is 7.00. The minimum atomic E-state index is -0.362. The molecule has 1 atom stereocenters. The van der Waals surface area contributed by atoms with Crippen molar-refractivity contribution in [1.29, 1.82) is 0 Å². The normalized spacial score (nSPS) is 23.3. The Balaban J connectivity index is 1.98. The van der Waals surface area contributed by atoms with Crippen LogP contribution in [-0.2, 0) is 4.79 Å². The van der Waals surface area contributed by atoms with Gasteiger partial charge >= 0.3 is 0 Å². The molecule has 3 rings (SSSR count). The molecule has 1 amide bonds. The van der Waals surface area contributed by atoms with Crippen LogP contribution >= 0.6 is 22.6 Å². The summed E-state index contributed by atoms with van der Waals surface area (Å²) in [7, 11) is 0.